The molecule has 0 radical (unpaired) electrons. The van der Waals surface area contributed by atoms with Crippen LogP contribution in [0, 0.1) is 5.92 Å². The van der Waals surface area contributed by atoms with Gasteiger partial charge in [-0.3, -0.25) is 0 Å². The standard InChI is InChI=1S/C13H18N2O2S/c1-17-13(16)10-6-7-15-12(11(10)14)18-8-9-4-2-3-5-9/h6-7,9H,2-5,8,14H2,1H3. The second-order valence-corrected chi connectivity index (χ2v) is 5.54. The molecule has 0 aromatic carbocycles. The van der Waals surface area contributed by atoms with E-state index in [9.17, 15) is 4.79 Å². The van der Waals surface area contributed by atoms with Crippen LogP contribution in [-0.4, -0.2) is 23.8 Å². The van der Waals surface area contributed by atoms with Crippen LogP contribution in [0.4, 0.5) is 5.69 Å². The molecule has 4 nitrogen and oxygen atoms in total. The van der Waals surface area contributed by atoms with Gasteiger partial charge in [-0.1, -0.05) is 12.8 Å². The number of methoxy groups -OCH3 is 1. The van der Waals surface area contributed by atoms with Crippen molar-refractivity contribution in [3.8, 4) is 0 Å². The van der Waals surface area contributed by atoms with E-state index in [4.69, 9.17) is 10.5 Å². The number of rotatable bonds is 4. The van der Waals surface area contributed by atoms with Crippen molar-refractivity contribution in [3.05, 3.63) is 17.8 Å². The predicted octanol–water partition coefficient (Wildman–Crippen LogP) is 2.73. The topological polar surface area (TPSA) is 65.2 Å². The molecule has 0 aliphatic heterocycles. The third kappa shape index (κ3) is 2.96. The zero-order valence-electron chi connectivity index (χ0n) is 10.5. The molecule has 5 heteroatoms. The average molecular weight is 266 g/mol. The Bertz CT molecular complexity index is 431. The number of carbonyl (C=O) groups excluding carboxylic acids is 1. The van der Waals surface area contributed by atoms with Gasteiger partial charge in [0.15, 0.2) is 0 Å². The smallest absolute Gasteiger partial charge is 0.340 e. The van der Waals surface area contributed by atoms with Crippen LogP contribution in [0.2, 0.25) is 0 Å². The first-order valence-electron chi connectivity index (χ1n) is 6.18. The van der Waals surface area contributed by atoms with Crippen molar-refractivity contribution in [2.45, 2.75) is 30.7 Å². The summed E-state index contributed by atoms with van der Waals surface area (Å²) in [6.45, 7) is 0. The number of aromatic nitrogens is 1. The Morgan fingerprint density at radius 1 is 1.56 bits per heavy atom. The van der Waals surface area contributed by atoms with Gasteiger partial charge >= 0.3 is 5.97 Å². The number of nitrogens with two attached hydrogens (primary N) is 1. The SMILES string of the molecule is COC(=O)c1ccnc(SCC2CCCC2)c1N. The molecular weight excluding hydrogens is 248 g/mol. The van der Waals surface area contributed by atoms with Crippen LogP contribution < -0.4 is 5.73 Å². The van der Waals surface area contributed by atoms with Gasteiger partial charge in [-0.25, -0.2) is 9.78 Å². The van der Waals surface area contributed by atoms with E-state index in [0.29, 0.717) is 11.3 Å². The van der Waals surface area contributed by atoms with Crippen LogP contribution in [0.15, 0.2) is 17.3 Å². The van der Waals surface area contributed by atoms with Crippen molar-refractivity contribution in [1.82, 2.24) is 4.98 Å². The number of thioether (sulfide) groups is 1. The van der Waals surface area contributed by atoms with Gasteiger partial charge in [-0.15, -0.1) is 11.8 Å². The monoisotopic (exact) mass is 266 g/mol. The first-order chi connectivity index (χ1) is 8.72. The second kappa shape index (κ2) is 6.09. The summed E-state index contributed by atoms with van der Waals surface area (Å²) < 4.78 is 4.69. The lowest BCUT2D eigenvalue weighted by molar-refractivity contribution is 0.0601. The van der Waals surface area contributed by atoms with E-state index in [-0.39, 0.29) is 0 Å². The molecule has 1 aromatic rings. The van der Waals surface area contributed by atoms with E-state index in [1.54, 1.807) is 24.0 Å². The minimum absolute atomic E-state index is 0.404. The molecule has 1 heterocycles. The summed E-state index contributed by atoms with van der Waals surface area (Å²) in [6, 6.07) is 1.60. The molecule has 1 aliphatic rings. The van der Waals surface area contributed by atoms with Crippen LogP contribution in [0.5, 0.6) is 0 Å². The largest absolute Gasteiger partial charge is 0.465 e. The van der Waals surface area contributed by atoms with E-state index in [1.807, 2.05) is 0 Å². The van der Waals surface area contributed by atoms with Crippen molar-refractivity contribution >= 4 is 23.4 Å². The number of ether oxygens (including phenoxy) is 1. The van der Waals surface area contributed by atoms with Crippen molar-refractivity contribution < 1.29 is 9.53 Å². The maximum absolute atomic E-state index is 11.5. The highest BCUT2D eigenvalue weighted by molar-refractivity contribution is 7.99. The molecule has 0 saturated heterocycles. The Labute approximate surface area is 111 Å². The van der Waals surface area contributed by atoms with E-state index in [2.05, 4.69) is 4.98 Å². The number of hydrogen-bond acceptors (Lipinski definition) is 5. The third-order valence-corrected chi connectivity index (χ3v) is 4.53. The molecule has 0 bridgehead atoms. The molecule has 0 unspecified atom stereocenters. The molecule has 0 spiro atoms. The summed E-state index contributed by atoms with van der Waals surface area (Å²) in [6.07, 6.45) is 6.86. The van der Waals surface area contributed by atoms with Gasteiger partial charge in [0.05, 0.1) is 18.4 Å². The van der Waals surface area contributed by atoms with E-state index >= 15 is 0 Å². The van der Waals surface area contributed by atoms with Gasteiger partial charge in [0.2, 0.25) is 0 Å². The fraction of sp³-hybridized carbons (Fsp3) is 0.538. The summed E-state index contributed by atoms with van der Waals surface area (Å²) >= 11 is 1.64. The zero-order valence-corrected chi connectivity index (χ0v) is 11.3. The first-order valence-corrected chi connectivity index (χ1v) is 7.16. The Morgan fingerprint density at radius 2 is 2.28 bits per heavy atom. The maximum Gasteiger partial charge on any atom is 0.340 e. The quantitative estimate of drug-likeness (QED) is 0.670. The summed E-state index contributed by atoms with van der Waals surface area (Å²) in [7, 11) is 1.35. The summed E-state index contributed by atoms with van der Waals surface area (Å²) in [5.74, 6) is 1.39. The lowest BCUT2D eigenvalue weighted by Gasteiger charge is -2.11. The zero-order chi connectivity index (χ0) is 13.0. The van der Waals surface area contributed by atoms with Crippen LogP contribution >= 0.6 is 11.8 Å². The molecule has 98 valence electrons. The second-order valence-electron chi connectivity index (χ2n) is 4.53. The third-order valence-electron chi connectivity index (χ3n) is 3.29. The van der Waals surface area contributed by atoms with E-state index < -0.39 is 5.97 Å². The Hall–Kier alpha value is -1.23. The van der Waals surface area contributed by atoms with Crippen molar-refractivity contribution in [3.63, 3.8) is 0 Å². The van der Waals surface area contributed by atoms with Gasteiger partial charge in [0, 0.05) is 11.9 Å². The first kappa shape index (κ1) is 13.2. The minimum Gasteiger partial charge on any atom is -0.465 e. The van der Waals surface area contributed by atoms with Crippen molar-refractivity contribution in [2.75, 3.05) is 18.6 Å². The fourth-order valence-corrected chi connectivity index (χ4v) is 3.36. The van der Waals surface area contributed by atoms with Crippen LogP contribution in [0.25, 0.3) is 0 Å². The summed E-state index contributed by atoms with van der Waals surface area (Å²) in [4.78, 5) is 15.8. The predicted molar refractivity (Wildman–Crippen MR) is 72.7 cm³/mol. The molecule has 2 rings (SSSR count). The van der Waals surface area contributed by atoms with E-state index in [1.165, 1.54) is 32.8 Å². The number of esters is 1. The number of nitrogen functional groups attached to an aromatic ring is 1. The highest BCUT2D eigenvalue weighted by Gasteiger charge is 2.18. The summed E-state index contributed by atoms with van der Waals surface area (Å²) in [5, 5.41) is 0.741. The minimum atomic E-state index is -0.405. The molecule has 1 aromatic heterocycles. The number of hydrogen-bond donors (Lipinski definition) is 1. The van der Waals surface area contributed by atoms with Crippen molar-refractivity contribution in [1.29, 1.82) is 0 Å². The average Bonchev–Trinajstić information content (AvgIpc) is 2.90. The highest BCUT2D eigenvalue weighted by Crippen LogP contribution is 2.33. The van der Waals surface area contributed by atoms with Gasteiger partial charge in [0.25, 0.3) is 0 Å². The molecule has 0 amide bonds. The van der Waals surface area contributed by atoms with Gasteiger partial charge in [-0.2, -0.15) is 0 Å². The van der Waals surface area contributed by atoms with E-state index in [0.717, 1.165) is 16.7 Å². The van der Waals surface area contributed by atoms with Gasteiger partial charge in [0.1, 0.15) is 5.03 Å². The Kier molecular flexibility index (Phi) is 4.47. The van der Waals surface area contributed by atoms with Crippen LogP contribution in [-0.2, 0) is 4.74 Å². The van der Waals surface area contributed by atoms with Crippen molar-refractivity contribution in [2.24, 2.45) is 5.92 Å². The van der Waals surface area contributed by atoms with Gasteiger partial charge < -0.3 is 10.5 Å². The maximum atomic E-state index is 11.5. The summed E-state index contributed by atoms with van der Waals surface area (Å²) in [5.41, 5.74) is 6.80. The molecule has 18 heavy (non-hydrogen) atoms. The molecule has 2 N–H and O–H groups in total. The Morgan fingerprint density at radius 3 is 2.94 bits per heavy atom. The van der Waals surface area contributed by atoms with Crippen LogP contribution in [0.3, 0.4) is 0 Å². The molecular formula is C13H18N2O2S. The molecule has 1 fully saturated rings. The number of anilines is 1. The molecule has 1 aliphatic carbocycles. The molecule has 1 saturated carbocycles. The molecule has 0 atom stereocenters. The fourth-order valence-electron chi connectivity index (χ4n) is 2.23. The Balaban J connectivity index is 2.05. The highest BCUT2D eigenvalue weighted by atomic mass is 32.2. The van der Waals surface area contributed by atoms with Gasteiger partial charge in [-0.05, 0) is 24.8 Å². The number of nitrogens with zero attached hydrogens (tertiary/aromatic N) is 1. The lowest BCUT2D eigenvalue weighted by atomic mass is 10.1. The number of pyridine rings is 1. The normalized spacial score (nSPS) is 15.8. The number of carbonyl (C=O) groups is 1. The van der Waals surface area contributed by atoms with Crippen LogP contribution in [0.1, 0.15) is 36.0 Å². The lowest BCUT2D eigenvalue weighted by Crippen LogP contribution is -2.08.